The van der Waals surface area contributed by atoms with Crippen molar-refractivity contribution in [1.82, 2.24) is 10.0 Å². The smallest absolute Gasteiger partial charge is 0.353 e. The highest BCUT2D eigenvalue weighted by molar-refractivity contribution is 7.12. The second-order valence-corrected chi connectivity index (χ2v) is 11.1. The minimum absolute atomic E-state index is 0.0727. The van der Waals surface area contributed by atoms with E-state index in [-0.39, 0.29) is 26.9 Å². The molecule has 2 aliphatic rings. The number of benzene rings is 2. The molecule has 1 aromatic heterocycles. The number of esters is 1. The van der Waals surface area contributed by atoms with Crippen molar-refractivity contribution in [2.75, 3.05) is 6.54 Å². The van der Waals surface area contributed by atoms with E-state index in [0.717, 1.165) is 22.9 Å². The maximum absolute atomic E-state index is 13.6. The van der Waals surface area contributed by atoms with Crippen LogP contribution >= 0.6 is 34.5 Å². The molecular formula is C28H22Cl2N2O6S. The van der Waals surface area contributed by atoms with E-state index >= 15 is 0 Å². The van der Waals surface area contributed by atoms with Gasteiger partial charge in [-0.1, -0.05) is 42.1 Å². The third-order valence-corrected chi connectivity index (χ3v) is 8.45. The van der Waals surface area contributed by atoms with Gasteiger partial charge in [0.05, 0.1) is 21.9 Å². The van der Waals surface area contributed by atoms with E-state index in [0.29, 0.717) is 17.7 Å². The Morgan fingerprint density at radius 3 is 2.13 bits per heavy atom. The SMILES string of the molecule is O=C(CN(C(=O)c1ccc(Cl)c(Cl)c1)N1C(=O)[C@@H]2CCCC[C@H]2C1=O)c1ccc(OC(=O)c2cccs2)cc1. The van der Waals surface area contributed by atoms with Gasteiger partial charge in [-0.15, -0.1) is 11.3 Å². The summed E-state index contributed by atoms with van der Waals surface area (Å²) >= 11 is 13.4. The molecule has 3 aromatic rings. The van der Waals surface area contributed by atoms with Gasteiger partial charge in [-0.25, -0.2) is 9.80 Å². The Hall–Kier alpha value is -3.53. The van der Waals surface area contributed by atoms with E-state index in [4.69, 9.17) is 27.9 Å². The third-order valence-electron chi connectivity index (χ3n) is 6.86. The van der Waals surface area contributed by atoms with Gasteiger partial charge in [-0.2, -0.15) is 5.01 Å². The fourth-order valence-corrected chi connectivity index (χ4v) is 5.78. The Morgan fingerprint density at radius 2 is 1.54 bits per heavy atom. The second-order valence-electron chi connectivity index (χ2n) is 9.29. The van der Waals surface area contributed by atoms with Gasteiger partial charge in [0.2, 0.25) is 0 Å². The molecular weight excluding hydrogens is 563 g/mol. The molecule has 3 amide bonds. The van der Waals surface area contributed by atoms with Gasteiger partial charge in [0.25, 0.3) is 17.7 Å². The summed E-state index contributed by atoms with van der Waals surface area (Å²) in [5.74, 6) is -3.52. The highest BCUT2D eigenvalue weighted by Crippen LogP contribution is 2.39. The van der Waals surface area contributed by atoms with E-state index in [1.54, 1.807) is 17.5 Å². The number of ketones is 1. The van der Waals surface area contributed by atoms with E-state index in [9.17, 15) is 24.0 Å². The molecule has 1 saturated heterocycles. The van der Waals surface area contributed by atoms with E-state index in [1.165, 1.54) is 53.8 Å². The van der Waals surface area contributed by atoms with Crippen molar-refractivity contribution in [3.05, 3.63) is 86.0 Å². The standard InChI is InChI=1S/C28H22Cl2N2O6S/c29-21-12-9-17(14-22(21)30)25(34)31(32-26(35)19-4-1-2-5-20(19)27(32)36)15-23(33)16-7-10-18(11-8-16)38-28(37)24-6-3-13-39-24/h3,6-14,19-20H,1-2,4-5,15H2/t19-,20-/m1/s1. The largest absolute Gasteiger partial charge is 0.422 e. The number of nitrogens with zero attached hydrogens (tertiary/aromatic N) is 2. The number of imide groups is 1. The molecule has 0 radical (unpaired) electrons. The van der Waals surface area contributed by atoms with Crippen molar-refractivity contribution in [1.29, 1.82) is 0 Å². The molecule has 0 unspecified atom stereocenters. The molecule has 200 valence electrons. The van der Waals surface area contributed by atoms with Gasteiger partial charge in [-0.05, 0) is 66.8 Å². The van der Waals surface area contributed by atoms with Crippen LogP contribution in [0, 0.1) is 11.8 Å². The van der Waals surface area contributed by atoms with Crippen LogP contribution in [0.15, 0.2) is 60.0 Å². The first-order valence-electron chi connectivity index (χ1n) is 12.3. The second kappa shape index (κ2) is 11.3. The Bertz CT molecular complexity index is 1430. The van der Waals surface area contributed by atoms with Crippen molar-refractivity contribution >= 4 is 64.0 Å². The number of thiophene rings is 1. The first-order valence-corrected chi connectivity index (χ1v) is 13.9. The van der Waals surface area contributed by atoms with Crippen molar-refractivity contribution in [3.8, 4) is 5.75 Å². The number of ether oxygens (including phenoxy) is 1. The Kier molecular flexibility index (Phi) is 7.83. The van der Waals surface area contributed by atoms with Gasteiger partial charge in [0, 0.05) is 11.1 Å². The lowest BCUT2D eigenvalue weighted by atomic mass is 9.81. The molecule has 1 aliphatic heterocycles. The van der Waals surface area contributed by atoms with Crippen LogP contribution in [0.25, 0.3) is 0 Å². The van der Waals surface area contributed by atoms with Gasteiger partial charge < -0.3 is 4.74 Å². The van der Waals surface area contributed by atoms with Crippen LogP contribution in [-0.4, -0.2) is 46.0 Å². The molecule has 0 spiro atoms. The summed E-state index contributed by atoms with van der Waals surface area (Å²) in [6, 6.07) is 13.4. The molecule has 39 heavy (non-hydrogen) atoms. The number of hydrogen-bond donors (Lipinski definition) is 0. The molecule has 1 saturated carbocycles. The number of fused-ring (bicyclic) bond motifs is 1. The lowest BCUT2D eigenvalue weighted by molar-refractivity contribution is -0.154. The molecule has 2 atom stereocenters. The summed E-state index contributed by atoms with van der Waals surface area (Å²) in [7, 11) is 0. The van der Waals surface area contributed by atoms with Crippen LogP contribution in [-0.2, 0) is 9.59 Å². The third kappa shape index (κ3) is 5.48. The number of amides is 3. The first-order chi connectivity index (χ1) is 18.7. The normalized spacial score (nSPS) is 18.6. The molecule has 1 aliphatic carbocycles. The van der Waals surface area contributed by atoms with E-state index < -0.39 is 47.9 Å². The molecule has 2 heterocycles. The van der Waals surface area contributed by atoms with Crippen LogP contribution in [0.3, 0.4) is 0 Å². The predicted octanol–water partition coefficient (Wildman–Crippen LogP) is 5.69. The van der Waals surface area contributed by atoms with Crippen LogP contribution in [0.5, 0.6) is 5.75 Å². The lowest BCUT2D eigenvalue weighted by Gasteiger charge is -2.30. The molecule has 0 N–H and O–H groups in total. The quantitative estimate of drug-likeness (QED) is 0.153. The van der Waals surface area contributed by atoms with Crippen LogP contribution < -0.4 is 4.74 Å². The minimum Gasteiger partial charge on any atom is -0.422 e. The molecule has 0 bridgehead atoms. The maximum atomic E-state index is 13.6. The van der Waals surface area contributed by atoms with Crippen LogP contribution in [0.2, 0.25) is 10.0 Å². The first kappa shape index (κ1) is 27.1. The number of halogens is 2. The molecule has 2 aromatic carbocycles. The monoisotopic (exact) mass is 584 g/mol. The number of hydrazine groups is 1. The molecule has 11 heteroatoms. The van der Waals surface area contributed by atoms with Gasteiger partial charge in [0.1, 0.15) is 17.2 Å². The number of carbonyl (C=O) groups excluding carboxylic acids is 5. The molecule has 5 rings (SSSR count). The van der Waals surface area contributed by atoms with Crippen LogP contribution in [0.1, 0.15) is 56.1 Å². The summed E-state index contributed by atoms with van der Waals surface area (Å²) in [4.78, 5) is 66.2. The van der Waals surface area contributed by atoms with Crippen LogP contribution in [0.4, 0.5) is 0 Å². The van der Waals surface area contributed by atoms with E-state index in [1.807, 2.05) is 0 Å². The zero-order valence-corrected chi connectivity index (χ0v) is 22.8. The van der Waals surface area contributed by atoms with Gasteiger partial charge >= 0.3 is 5.97 Å². The molecule has 2 fully saturated rings. The summed E-state index contributed by atoms with van der Waals surface area (Å²) in [6.45, 7) is -0.565. The highest BCUT2D eigenvalue weighted by Gasteiger charge is 2.51. The van der Waals surface area contributed by atoms with E-state index in [2.05, 4.69) is 0 Å². The average Bonchev–Trinajstić information content (AvgIpc) is 3.57. The number of Topliss-reactive ketones (excluding diaryl/α,β-unsaturated/α-hetero) is 1. The Labute approximate surface area is 238 Å². The topological polar surface area (TPSA) is 101 Å². The Balaban J connectivity index is 1.40. The Morgan fingerprint density at radius 1 is 0.897 bits per heavy atom. The molecule has 8 nitrogen and oxygen atoms in total. The zero-order valence-electron chi connectivity index (χ0n) is 20.5. The lowest BCUT2D eigenvalue weighted by Crippen LogP contribution is -2.52. The van der Waals surface area contributed by atoms with Gasteiger partial charge in [0.15, 0.2) is 5.78 Å². The summed E-state index contributed by atoms with van der Waals surface area (Å²) in [6.07, 6.45) is 2.74. The van der Waals surface area contributed by atoms with Crippen molar-refractivity contribution in [2.24, 2.45) is 11.8 Å². The van der Waals surface area contributed by atoms with Crippen molar-refractivity contribution < 1.29 is 28.7 Å². The summed E-state index contributed by atoms with van der Waals surface area (Å²) in [5, 5.41) is 3.84. The zero-order chi connectivity index (χ0) is 27.7. The van der Waals surface area contributed by atoms with Gasteiger partial charge in [-0.3, -0.25) is 19.2 Å². The highest BCUT2D eigenvalue weighted by atomic mass is 35.5. The number of hydrogen-bond acceptors (Lipinski definition) is 7. The fourth-order valence-electron chi connectivity index (χ4n) is 4.88. The number of rotatable bonds is 7. The van der Waals surface area contributed by atoms with Crippen molar-refractivity contribution in [3.63, 3.8) is 0 Å². The predicted molar refractivity (Wildman–Crippen MR) is 145 cm³/mol. The fraction of sp³-hybridized carbons (Fsp3) is 0.250. The minimum atomic E-state index is -0.733. The number of carbonyl (C=O) groups is 5. The maximum Gasteiger partial charge on any atom is 0.353 e. The van der Waals surface area contributed by atoms with Crippen molar-refractivity contribution in [2.45, 2.75) is 25.7 Å². The summed E-state index contributed by atoms with van der Waals surface area (Å²) in [5.41, 5.74) is 0.276. The average molecular weight is 585 g/mol. The summed E-state index contributed by atoms with van der Waals surface area (Å²) < 4.78 is 5.33.